The Morgan fingerprint density at radius 3 is 2.62 bits per heavy atom. The predicted octanol–water partition coefficient (Wildman–Crippen LogP) is 2.61. The number of hydrogen-bond donors (Lipinski definition) is 2. The van der Waals surface area contributed by atoms with Crippen LogP contribution in [0.4, 0.5) is 0 Å². The van der Waals surface area contributed by atoms with Crippen LogP contribution in [0.5, 0.6) is 11.5 Å². The van der Waals surface area contributed by atoms with Crippen molar-refractivity contribution in [2.24, 2.45) is 0 Å². The first-order valence-electron chi connectivity index (χ1n) is 7.48. The molecule has 1 aromatic carbocycles. The van der Waals surface area contributed by atoms with Crippen LogP contribution in [-0.2, 0) is 0 Å². The molecule has 0 aliphatic carbocycles. The van der Waals surface area contributed by atoms with Crippen LogP contribution >= 0.6 is 11.8 Å². The van der Waals surface area contributed by atoms with Crippen LogP contribution in [0.25, 0.3) is 0 Å². The maximum Gasteiger partial charge on any atom is 0.161 e. The van der Waals surface area contributed by atoms with Gasteiger partial charge in [0.15, 0.2) is 11.5 Å². The van der Waals surface area contributed by atoms with E-state index in [2.05, 4.69) is 24.4 Å². The summed E-state index contributed by atoms with van der Waals surface area (Å²) in [7, 11) is 1.96. The second-order valence-corrected chi connectivity index (χ2v) is 6.79. The largest absolute Gasteiger partial charge is 0.490 e. The lowest BCUT2D eigenvalue weighted by Gasteiger charge is -2.21. The third-order valence-electron chi connectivity index (χ3n) is 3.73. The van der Waals surface area contributed by atoms with Gasteiger partial charge >= 0.3 is 0 Å². The number of aliphatic hydroxyl groups excluding tert-OH is 1. The lowest BCUT2D eigenvalue weighted by Crippen LogP contribution is -2.22. The van der Waals surface area contributed by atoms with Crippen LogP contribution in [0.1, 0.15) is 31.9 Å². The number of fused-ring (bicyclic) bond motifs is 1. The van der Waals surface area contributed by atoms with Gasteiger partial charge in [-0.2, -0.15) is 11.8 Å². The van der Waals surface area contributed by atoms with Crippen molar-refractivity contribution in [2.75, 3.05) is 26.0 Å². The molecule has 5 heteroatoms. The van der Waals surface area contributed by atoms with Crippen LogP contribution in [0.2, 0.25) is 0 Å². The van der Waals surface area contributed by atoms with Gasteiger partial charge in [-0.15, -0.1) is 0 Å². The normalized spacial score (nSPS) is 18.7. The maximum atomic E-state index is 9.59. The highest BCUT2D eigenvalue weighted by atomic mass is 32.2. The number of aliphatic hydroxyl groups is 1. The summed E-state index contributed by atoms with van der Waals surface area (Å²) in [4.78, 5) is 0. The van der Waals surface area contributed by atoms with Crippen LogP contribution in [0, 0.1) is 0 Å². The second-order valence-electron chi connectivity index (χ2n) is 5.38. The van der Waals surface area contributed by atoms with Crippen molar-refractivity contribution in [1.82, 2.24) is 5.32 Å². The first-order chi connectivity index (χ1) is 10.1. The smallest absolute Gasteiger partial charge is 0.161 e. The molecule has 0 bridgehead atoms. The van der Waals surface area contributed by atoms with Crippen molar-refractivity contribution in [1.29, 1.82) is 0 Å². The van der Waals surface area contributed by atoms with Gasteiger partial charge in [-0.05, 0) is 31.7 Å². The van der Waals surface area contributed by atoms with E-state index in [9.17, 15) is 5.11 Å². The zero-order valence-corrected chi connectivity index (χ0v) is 13.8. The molecule has 3 unspecified atom stereocenters. The Morgan fingerprint density at radius 1 is 1.24 bits per heavy atom. The number of thioether (sulfide) groups is 1. The van der Waals surface area contributed by atoms with E-state index in [1.54, 1.807) is 11.8 Å². The summed E-state index contributed by atoms with van der Waals surface area (Å²) in [6, 6.07) is 6.37. The van der Waals surface area contributed by atoms with E-state index in [-0.39, 0.29) is 17.4 Å². The average Bonchev–Trinajstić information content (AvgIpc) is 2.72. The Balaban J connectivity index is 2.06. The number of nitrogens with one attached hydrogen (secondary N) is 1. The van der Waals surface area contributed by atoms with Crippen LogP contribution in [0.3, 0.4) is 0 Å². The van der Waals surface area contributed by atoms with E-state index in [1.165, 1.54) is 5.56 Å². The molecular weight excluding hydrogens is 286 g/mol. The molecule has 0 fully saturated rings. The Labute approximate surface area is 131 Å². The van der Waals surface area contributed by atoms with Crippen molar-refractivity contribution in [3.8, 4) is 11.5 Å². The summed E-state index contributed by atoms with van der Waals surface area (Å²) in [5, 5.41) is 13.1. The zero-order chi connectivity index (χ0) is 15.2. The third-order valence-corrected chi connectivity index (χ3v) is 5.17. The Morgan fingerprint density at radius 2 is 1.95 bits per heavy atom. The van der Waals surface area contributed by atoms with Crippen molar-refractivity contribution in [3.63, 3.8) is 0 Å². The molecule has 0 saturated heterocycles. The zero-order valence-electron chi connectivity index (χ0n) is 13.0. The number of hydrogen-bond acceptors (Lipinski definition) is 5. The Kier molecular flexibility index (Phi) is 6.21. The second kappa shape index (κ2) is 7.92. The van der Waals surface area contributed by atoms with Gasteiger partial charge in [-0.1, -0.05) is 13.0 Å². The molecule has 2 rings (SSSR count). The van der Waals surface area contributed by atoms with E-state index in [1.807, 2.05) is 20.0 Å². The highest BCUT2D eigenvalue weighted by Gasteiger charge is 2.17. The molecule has 1 aliphatic rings. The fraction of sp³-hybridized carbons (Fsp3) is 0.625. The van der Waals surface area contributed by atoms with Gasteiger partial charge in [0.25, 0.3) is 0 Å². The van der Waals surface area contributed by atoms with E-state index in [0.29, 0.717) is 13.2 Å². The molecule has 2 N–H and O–H groups in total. The van der Waals surface area contributed by atoms with Gasteiger partial charge in [0, 0.05) is 23.5 Å². The summed E-state index contributed by atoms with van der Waals surface area (Å²) in [6.45, 7) is 5.30. The maximum absolute atomic E-state index is 9.59. The van der Waals surface area contributed by atoms with Gasteiger partial charge in [-0.25, -0.2) is 0 Å². The summed E-state index contributed by atoms with van der Waals surface area (Å²) in [5.41, 5.74) is 1.19. The highest BCUT2D eigenvalue weighted by Crippen LogP contribution is 2.33. The van der Waals surface area contributed by atoms with Crippen LogP contribution in [-0.4, -0.2) is 42.5 Å². The van der Waals surface area contributed by atoms with Crippen molar-refractivity contribution in [3.05, 3.63) is 23.8 Å². The standard InChI is InChI=1S/C16H25NO3S/c1-11(18)12(2)21-10-14(17-3)13-5-6-15-16(9-13)20-8-4-7-19-15/h5-6,9,11-12,14,17-18H,4,7-8,10H2,1-3H3. The van der Waals surface area contributed by atoms with Crippen molar-refractivity contribution >= 4 is 11.8 Å². The van der Waals surface area contributed by atoms with E-state index in [4.69, 9.17) is 9.47 Å². The summed E-state index contributed by atoms with van der Waals surface area (Å²) in [6.07, 6.45) is 0.623. The molecule has 0 amide bonds. The van der Waals surface area contributed by atoms with Gasteiger partial charge in [0.05, 0.1) is 19.3 Å². The quantitative estimate of drug-likeness (QED) is 0.846. The molecule has 0 radical (unpaired) electrons. The summed E-state index contributed by atoms with van der Waals surface area (Å²) >= 11 is 1.77. The fourth-order valence-electron chi connectivity index (χ4n) is 2.13. The molecule has 3 atom stereocenters. The molecule has 0 aromatic heterocycles. The molecule has 1 aliphatic heterocycles. The molecule has 118 valence electrons. The topological polar surface area (TPSA) is 50.7 Å². The van der Waals surface area contributed by atoms with Crippen LogP contribution < -0.4 is 14.8 Å². The molecule has 4 nitrogen and oxygen atoms in total. The molecular formula is C16H25NO3S. The first-order valence-corrected chi connectivity index (χ1v) is 8.53. The molecule has 1 aromatic rings. The van der Waals surface area contributed by atoms with E-state index >= 15 is 0 Å². The Bertz CT molecular complexity index is 453. The minimum Gasteiger partial charge on any atom is -0.490 e. The number of benzene rings is 1. The lowest BCUT2D eigenvalue weighted by atomic mass is 10.1. The summed E-state index contributed by atoms with van der Waals surface area (Å²) in [5.74, 6) is 2.57. The van der Waals surface area contributed by atoms with Crippen molar-refractivity contribution < 1.29 is 14.6 Å². The fourth-order valence-corrected chi connectivity index (χ4v) is 3.26. The number of rotatable bonds is 6. The average molecular weight is 311 g/mol. The lowest BCUT2D eigenvalue weighted by molar-refractivity contribution is 0.196. The van der Waals surface area contributed by atoms with Gasteiger partial charge in [-0.3, -0.25) is 0 Å². The molecule has 21 heavy (non-hydrogen) atoms. The summed E-state index contributed by atoms with van der Waals surface area (Å²) < 4.78 is 11.4. The minimum atomic E-state index is -0.295. The van der Waals surface area contributed by atoms with Gasteiger partial charge < -0.3 is 19.9 Å². The highest BCUT2D eigenvalue weighted by molar-refractivity contribution is 7.99. The molecule has 0 saturated carbocycles. The monoisotopic (exact) mass is 311 g/mol. The predicted molar refractivity (Wildman–Crippen MR) is 87.5 cm³/mol. The third kappa shape index (κ3) is 4.53. The molecule has 1 heterocycles. The van der Waals surface area contributed by atoms with Gasteiger partial charge in [0.1, 0.15) is 0 Å². The molecule has 0 spiro atoms. The number of ether oxygens (including phenoxy) is 2. The first kappa shape index (κ1) is 16.5. The van der Waals surface area contributed by atoms with E-state index < -0.39 is 0 Å². The van der Waals surface area contributed by atoms with Gasteiger partial charge in [0.2, 0.25) is 0 Å². The van der Waals surface area contributed by atoms with Crippen LogP contribution in [0.15, 0.2) is 18.2 Å². The SMILES string of the molecule is CNC(CSC(C)C(C)O)c1ccc2c(c1)OCCCO2. The Hall–Kier alpha value is -0.910. The van der Waals surface area contributed by atoms with Crippen molar-refractivity contribution in [2.45, 2.75) is 37.7 Å². The van der Waals surface area contributed by atoms with E-state index in [0.717, 1.165) is 23.7 Å². The minimum absolute atomic E-state index is 0.223.